The van der Waals surface area contributed by atoms with Crippen molar-refractivity contribution in [3.63, 3.8) is 0 Å². The van der Waals surface area contributed by atoms with Gasteiger partial charge in [-0.15, -0.1) is 0 Å². The molecule has 1 unspecified atom stereocenters. The quantitative estimate of drug-likeness (QED) is 0.540. The molecule has 1 atom stereocenters. The van der Waals surface area contributed by atoms with Crippen molar-refractivity contribution in [2.24, 2.45) is 0 Å². The standard InChI is InChI=1S/C25H28OSi/c1-24(2)25(21-13-7-4-8-14-21,22-15-9-5-10-16-22)19-20-27(3,26-24)23-17-11-6-12-18-23/h4-18H,19-20H2,1-3H3. The molecule has 1 heterocycles. The van der Waals surface area contributed by atoms with Crippen LogP contribution < -0.4 is 5.19 Å². The maximum Gasteiger partial charge on any atom is 0.222 e. The first-order chi connectivity index (χ1) is 13.0. The van der Waals surface area contributed by atoms with Crippen LogP contribution in [0.25, 0.3) is 0 Å². The average Bonchev–Trinajstić information content (AvgIpc) is 2.70. The molecule has 0 radical (unpaired) electrons. The molecule has 0 saturated carbocycles. The first-order valence-electron chi connectivity index (χ1n) is 9.85. The lowest BCUT2D eigenvalue weighted by Crippen LogP contribution is -2.64. The fraction of sp³-hybridized carbons (Fsp3) is 0.280. The molecule has 138 valence electrons. The molecule has 0 amide bonds. The SMILES string of the molecule is CC1(C)O[Si](C)(c2ccccc2)CCC1(c1ccccc1)c1ccccc1. The van der Waals surface area contributed by atoms with Crippen LogP contribution in [0.1, 0.15) is 31.4 Å². The Hall–Kier alpha value is -2.16. The topological polar surface area (TPSA) is 9.23 Å². The summed E-state index contributed by atoms with van der Waals surface area (Å²) in [6.07, 6.45) is 1.10. The van der Waals surface area contributed by atoms with Crippen LogP contribution >= 0.6 is 0 Å². The molecule has 0 aromatic heterocycles. The van der Waals surface area contributed by atoms with E-state index >= 15 is 0 Å². The van der Waals surface area contributed by atoms with Crippen molar-refractivity contribution < 1.29 is 4.43 Å². The van der Waals surface area contributed by atoms with Gasteiger partial charge in [0.05, 0.1) is 5.60 Å². The molecule has 0 aliphatic carbocycles. The van der Waals surface area contributed by atoms with Gasteiger partial charge in [-0.05, 0) is 49.2 Å². The molecular formula is C25H28OSi. The molecule has 3 aromatic rings. The van der Waals surface area contributed by atoms with Crippen molar-refractivity contribution >= 4 is 13.5 Å². The molecule has 4 rings (SSSR count). The highest BCUT2D eigenvalue weighted by Crippen LogP contribution is 2.52. The van der Waals surface area contributed by atoms with Crippen molar-refractivity contribution in [2.45, 2.75) is 43.9 Å². The van der Waals surface area contributed by atoms with Gasteiger partial charge >= 0.3 is 0 Å². The van der Waals surface area contributed by atoms with Crippen LogP contribution in [0.3, 0.4) is 0 Å². The molecule has 3 aromatic carbocycles. The molecule has 0 bridgehead atoms. The lowest BCUT2D eigenvalue weighted by Gasteiger charge is -2.56. The summed E-state index contributed by atoms with van der Waals surface area (Å²) in [5, 5.41) is 1.40. The summed E-state index contributed by atoms with van der Waals surface area (Å²) >= 11 is 0. The van der Waals surface area contributed by atoms with Crippen LogP contribution in [-0.2, 0) is 9.84 Å². The van der Waals surface area contributed by atoms with E-state index in [1.165, 1.54) is 16.3 Å². The van der Waals surface area contributed by atoms with E-state index in [0.717, 1.165) is 12.5 Å². The molecule has 1 fully saturated rings. The predicted molar refractivity (Wildman–Crippen MR) is 116 cm³/mol. The van der Waals surface area contributed by atoms with Gasteiger partial charge in [-0.2, -0.15) is 0 Å². The van der Waals surface area contributed by atoms with E-state index in [1.807, 2.05) is 0 Å². The summed E-state index contributed by atoms with van der Waals surface area (Å²) < 4.78 is 7.11. The number of hydrogen-bond donors (Lipinski definition) is 0. The van der Waals surface area contributed by atoms with Gasteiger partial charge in [-0.1, -0.05) is 91.0 Å². The molecule has 2 heteroatoms. The second-order valence-electron chi connectivity index (χ2n) is 8.35. The summed E-state index contributed by atoms with van der Waals surface area (Å²) in [5.41, 5.74) is 2.26. The Morgan fingerprint density at radius 1 is 0.704 bits per heavy atom. The largest absolute Gasteiger partial charge is 0.406 e. The Bertz CT molecular complexity index is 850. The molecule has 1 aliphatic heterocycles. The van der Waals surface area contributed by atoms with Gasteiger partial charge in [0.1, 0.15) is 0 Å². The first-order valence-corrected chi connectivity index (χ1v) is 12.5. The van der Waals surface area contributed by atoms with Crippen molar-refractivity contribution in [1.29, 1.82) is 0 Å². The maximum atomic E-state index is 7.11. The van der Waals surface area contributed by atoms with Crippen molar-refractivity contribution in [3.05, 3.63) is 102 Å². The van der Waals surface area contributed by atoms with Gasteiger partial charge < -0.3 is 4.43 Å². The Morgan fingerprint density at radius 2 is 1.15 bits per heavy atom. The highest BCUT2D eigenvalue weighted by Gasteiger charge is 2.56. The van der Waals surface area contributed by atoms with E-state index in [1.54, 1.807) is 0 Å². The molecule has 1 aliphatic rings. The minimum absolute atomic E-state index is 0.142. The Kier molecular flexibility index (Phi) is 4.57. The molecular weight excluding hydrogens is 344 g/mol. The predicted octanol–water partition coefficient (Wildman–Crippen LogP) is 5.65. The van der Waals surface area contributed by atoms with Crippen LogP contribution in [0.4, 0.5) is 0 Å². The Labute approximate surface area is 164 Å². The summed E-state index contributed by atoms with van der Waals surface area (Å²) in [4.78, 5) is 0. The van der Waals surface area contributed by atoms with Gasteiger partial charge in [0.25, 0.3) is 0 Å². The average molecular weight is 373 g/mol. The van der Waals surface area contributed by atoms with E-state index in [0.29, 0.717) is 0 Å². The fourth-order valence-corrected chi connectivity index (χ4v) is 8.58. The zero-order valence-corrected chi connectivity index (χ0v) is 17.5. The zero-order valence-electron chi connectivity index (χ0n) is 16.5. The number of benzene rings is 3. The first kappa shape index (κ1) is 18.2. The van der Waals surface area contributed by atoms with Crippen LogP contribution in [-0.4, -0.2) is 13.9 Å². The molecule has 27 heavy (non-hydrogen) atoms. The smallest absolute Gasteiger partial charge is 0.222 e. The molecule has 1 saturated heterocycles. The second kappa shape index (κ2) is 6.77. The third-order valence-corrected chi connectivity index (χ3v) is 10.1. The number of rotatable bonds is 3. The van der Waals surface area contributed by atoms with Crippen molar-refractivity contribution in [3.8, 4) is 0 Å². The van der Waals surface area contributed by atoms with Crippen molar-refractivity contribution in [2.75, 3.05) is 0 Å². The van der Waals surface area contributed by atoms with Gasteiger partial charge in [-0.3, -0.25) is 0 Å². The van der Waals surface area contributed by atoms with Crippen LogP contribution in [0.2, 0.25) is 12.6 Å². The van der Waals surface area contributed by atoms with Gasteiger partial charge in [0.2, 0.25) is 8.32 Å². The summed E-state index contributed by atoms with van der Waals surface area (Å²) in [6.45, 7) is 6.96. The van der Waals surface area contributed by atoms with Crippen LogP contribution in [0.5, 0.6) is 0 Å². The number of hydrogen-bond acceptors (Lipinski definition) is 1. The second-order valence-corrected chi connectivity index (χ2v) is 12.1. The van der Waals surface area contributed by atoms with Crippen LogP contribution in [0.15, 0.2) is 91.0 Å². The Balaban J connectivity index is 1.85. The van der Waals surface area contributed by atoms with E-state index in [2.05, 4.69) is 111 Å². The van der Waals surface area contributed by atoms with E-state index < -0.39 is 8.32 Å². The molecule has 0 spiro atoms. The lowest BCUT2D eigenvalue weighted by molar-refractivity contribution is 0.0106. The highest BCUT2D eigenvalue weighted by atomic mass is 28.4. The van der Waals surface area contributed by atoms with Gasteiger partial charge in [0.15, 0.2) is 0 Å². The summed E-state index contributed by atoms with van der Waals surface area (Å²) in [5.74, 6) is 0. The molecule has 1 nitrogen and oxygen atoms in total. The zero-order chi connectivity index (χ0) is 19.0. The fourth-order valence-electron chi connectivity index (χ4n) is 5.02. The monoisotopic (exact) mass is 372 g/mol. The maximum absolute atomic E-state index is 7.11. The minimum Gasteiger partial charge on any atom is -0.406 e. The third-order valence-electron chi connectivity index (χ3n) is 6.40. The van der Waals surface area contributed by atoms with Crippen LogP contribution in [0, 0.1) is 0 Å². The van der Waals surface area contributed by atoms with E-state index in [9.17, 15) is 0 Å². The highest BCUT2D eigenvalue weighted by molar-refractivity contribution is 6.85. The van der Waals surface area contributed by atoms with E-state index in [-0.39, 0.29) is 11.0 Å². The lowest BCUT2D eigenvalue weighted by atomic mass is 9.62. The molecule has 0 N–H and O–H groups in total. The van der Waals surface area contributed by atoms with Gasteiger partial charge in [0, 0.05) is 5.41 Å². The Morgan fingerprint density at radius 3 is 1.59 bits per heavy atom. The summed E-state index contributed by atoms with van der Waals surface area (Å²) in [7, 11) is -2.00. The summed E-state index contributed by atoms with van der Waals surface area (Å²) in [6, 6.07) is 33.9. The third kappa shape index (κ3) is 2.97. The van der Waals surface area contributed by atoms with Gasteiger partial charge in [-0.25, -0.2) is 0 Å². The minimum atomic E-state index is -2.00. The normalized spacial score (nSPS) is 23.7. The van der Waals surface area contributed by atoms with E-state index in [4.69, 9.17) is 4.43 Å². The van der Waals surface area contributed by atoms with Crippen molar-refractivity contribution in [1.82, 2.24) is 0 Å².